The van der Waals surface area contributed by atoms with Gasteiger partial charge in [0.05, 0.1) is 5.69 Å². The van der Waals surface area contributed by atoms with Gasteiger partial charge in [0.2, 0.25) is 0 Å². The fraction of sp³-hybridized carbons (Fsp3) is 0.312. The molecule has 0 aliphatic carbocycles. The highest BCUT2D eigenvalue weighted by atomic mass is 16.1. The highest BCUT2D eigenvalue weighted by Gasteiger charge is 2.19. The first kappa shape index (κ1) is 14.5. The van der Waals surface area contributed by atoms with Gasteiger partial charge in [-0.3, -0.25) is 14.7 Å². The highest BCUT2D eigenvalue weighted by molar-refractivity contribution is 5.90. The van der Waals surface area contributed by atoms with E-state index in [1.54, 1.807) is 6.07 Å². The second-order valence-electron chi connectivity index (χ2n) is 5.24. The largest absolute Gasteiger partial charge is 0.364 e. The Labute approximate surface area is 129 Å². The Kier molecular flexibility index (Phi) is 4.29. The third-order valence-electron chi connectivity index (χ3n) is 3.72. The number of hydrogen-bond acceptors (Lipinski definition) is 5. The number of pyridine rings is 2. The average molecular weight is 296 g/mol. The van der Waals surface area contributed by atoms with Crippen LogP contribution in [0.2, 0.25) is 0 Å². The van der Waals surface area contributed by atoms with E-state index in [9.17, 15) is 4.79 Å². The smallest absolute Gasteiger partial charge is 0.268 e. The van der Waals surface area contributed by atoms with E-state index in [0.29, 0.717) is 0 Å². The molecule has 1 aliphatic rings. The summed E-state index contributed by atoms with van der Waals surface area (Å²) in [5.74, 6) is 0.237. The third kappa shape index (κ3) is 3.40. The van der Waals surface area contributed by atoms with Gasteiger partial charge in [-0.1, -0.05) is 6.07 Å². The zero-order valence-electron chi connectivity index (χ0n) is 12.3. The lowest BCUT2D eigenvalue weighted by Gasteiger charge is -2.35. The van der Waals surface area contributed by atoms with E-state index in [4.69, 9.17) is 5.73 Å². The molecule has 113 valence electrons. The van der Waals surface area contributed by atoms with Crippen LogP contribution in [0.25, 0.3) is 0 Å². The van der Waals surface area contributed by atoms with Crippen molar-refractivity contribution in [3.63, 3.8) is 0 Å². The van der Waals surface area contributed by atoms with Crippen LogP contribution in [0.4, 0.5) is 5.82 Å². The first-order chi connectivity index (χ1) is 10.7. The number of amides is 1. The summed E-state index contributed by atoms with van der Waals surface area (Å²) in [5.41, 5.74) is 6.52. The normalized spacial score (nSPS) is 15.7. The quantitative estimate of drug-likeness (QED) is 0.899. The van der Waals surface area contributed by atoms with Crippen LogP contribution in [-0.4, -0.2) is 47.0 Å². The van der Waals surface area contributed by atoms with Crippen LogP contribution in [0.15, 0.2) is 36.5 Å². The molecule has 6 heteroatoms. The Morgan fingerprint density at radius 3 is 2.73 bits per heavy atom. The van der Waals surface area contributed by atoms with E-state index in [1.807, 2.05) is 30.5 Å². The molecule has 2 aromatic heterocycles. The van der Waals surface area contributed by atoms with Crippen LogP contribution in [0.3, 0.4) is 0 Å². The van der Waals surface area contributed by atoms with Gasteiger partial charge in [0.1, 0.15) is 11.5 Å². The zero-order valence-corrected chi connectivity index (χ0v) is 12.3. The number of hydrogen-bond donors (Lipinski definition) is 1. The van der Waals surface area contributed by atoms with Crippen LogP contribution in [0, 0.1) is 6.07 Å². The number of nitrogens with zero attached hydrogens (tertiary/aromatic N) is 4. The van der Waals surface area contributed by atoms with Crippen LogP contribution in [0.1, 0.15) is 16.2 Å². The van der Waals surface area contributed by atoms with Crippen molar-refractivity contribution in [2.45, 2.75) is 6.54 Å². The van der Waals surface area contributed by atoms with Crippen molar-refractivity contribution in [2.75, 3.05) is 31.1 Å². The fourth-order valence-electron chi connectivity index (χ4n) is 2.54. The summed E-state index contributed by atoms with van der Waals surface area (Å²) in [7, 11) is 0. The van der Waals surface area contributed by atoms with E-state index in [1.165, 1.54) is 0 Å². The van der Waals surface area contributed by atoms with Crippen molar-refractivity contribution >= 4 is 11.7 Å². The lowest BCUT2D eigenvalue weighted by atomic mass is 10.2. The predicted octanol–water partition coefficient (Wildman–Crippen LogP) is 0.698. The monoisotopic (exact) mass is 296 g/mol. The SMILES string of the molecule is NC(=O)c1[c]ccc(N2CCN(Cc3ccccn3)CC2)n1. The maximum absolute atomic E-state index is 11.2. The summed E-state index contributed by atoms with van der Waals surface area (Å²) in [6.45, 7) is 4.45. The topological polar surface area (TPSA) is 75.4 Å². The molecule has 0 saturated carbocycles. The molecule has 1 saturated heterocycles. The van der Waals surface area contributed by atoms with Crippen LogP contribution in [0.5, 0.6) is 0 Å². The van der Waals surface area contributed by atoms with E-state index >= 15 is 0 Å². The molecule has 3 rings (SSSR count). The summed E-state index contributed by atoms with van der Waals surface area (Å²) < 4.78 is 0. The standard InChI is InChI=1S/C16H18N5O/c17-16(22)14-5-3-6-15(19-14)21-10-8-20(9-11-21)12-13-4-1-2-7-18-13/h1-4,6-7H,8-12H2,(H2,17,22). The molecule has 0 unspecified atom stereocenters. The van der Waals surface area contributed by atoms with Gasteiger partial charge in [0, 0.05) is 45.0 Å². The summed E-state index contributed by atoms with van der Waals surface area (Å²) in [6, 6.07) is 12.3. The van der Waals surface area contributed by atoms with Crippen molar-refractivity contribution in [3.8, 4) is 0 Å². The molecule has 0 aromatic carbocycles. The van der Waals surface area contributed by atoms with Crippen molar-refractivity contribution in [2.24, 2.45) is 5.73 Å². The van der Waals surface area contributed by atoms with Gasteiger partial charge in [-0.05, 0) is 24.3 Å². The molecule has 0 bridgehead atoms. The van der Waals surface area contributed by atoms with E-state index in [2.05, 4.69) is 25.8 Å². The van der Waals surface area contributed by atoms with Crippen molar-refractivity contribution < 1.29 is 4.79 Å². The fourth-order valence-corrected chi connectivity index (χ4v) is 2.54. The summed E-state index contributed by atoms with van der Waals surface area (Å²) in [5, 5.41) is 0. The van der Waals surface area contributed by atoms with Crippen LogP contribution < -0.4 is 10.6 Å². The van der Waals surface area contributed by atoms with Gasteiger partial charge in [0.15, 0.2) is 0 Å². The molecule has 6 nitrogen and oxygen atoms in total. The second-order valence-corrected chi connectivity index (χ2v) is 5.24. The minimum atomic E-state index is -0.546. The number of anilines is 1. The predicted molar refractivity (Wildman–Crippen MR) is 83.3 cm³/mol. The Morgan fingerprint density at radius 1 is 1.23 bits per heavy atom. The minimum absolute atomic E-state index is 0.188. The molecule has 1 radical (unpaired) electrons. The molecule has 1 fully saturated rings. The summed E-state index contributed by atoms with van der Waals surface area (Å²) in [6.07, 6.45) is 1.82. The Morgan fingerprint density at radius 2 is 2.05 bits per heavy atom. The van der Waals surface area contributed by atoms with Crippen LogP contribution >= 0.6 is 0 Å². The molecular formula is C16H18N5O. The number of rotatable bonds is 4. The van der Waals surface area contributed by atoms with Crippen LogP contribution in [-0.2, 0) is 6.54 Å². The number of carbonyl (C=O) groups is 1. The molecule has 3 heterocycles. The Hall–Kier alpha value is -2.47. The second kappa shape index (κ2) is 6.53. The first-order valence-electron chi connectivity index (χ1n) is 7.28. The average Bonchev–Trinajstić information content (AvgIpc) is 2.56. The van der Waals surface area contributed by atoms with Crippen molar-refractivity contribution in [1.82, 2.24) is 14.9 Å². The summed E-state index contributed by atoms with van der Waals surface area (Å²) in [4.78, 5) is 24.3. The molecular weight excluding hydrogens is 278 g/mol. The number of nitrogens with two attached hydrogens (primary N) is 1. The third-order valence-corrected chi connectivity index (χ3v) is 3.72. The lowest BCUT2D eigenvalue weighted by Crippen LogP contribution is -2.46. The number of aromatic nitrogens is 2. The molecule has 1 amide bonds. The molecule has 0 spiro atoms. The highest BCUT2D eigenvalue weighted by Crippen LogP contribution is 2.15. The maximum Gasteiger partial charge on any atom is 0.268 e. The number of carbonyl (C=O) groups excluding carboxylic acids is 1. The van der Waals surface area contributed by atoms with Gasteiger partial charge in [-0.25, -0.2) is 4.98 Å². The molecule has 1 aliphatic heterocycles. The van der Waals surface area contributed by atoms with E-state index in [0.717, 1.165) is 44.2 Å². The minimum Gasteiger partial charge on any atom is -0.364 e. The molecule has 0 atom stereocenters. The van der Waals surface area contributed by atoms with Crippen molar-refractivity contribution in [1.29, 1.82) is 0 Å². The Bertz CT molecular complexity index is 638. The van der Waals surface area contributed by atoms with E-state index < -0.39 is 5.91 Å². The van der Waals surface area contributed by atoms with Gasteiger partial charge in [-0.2, -0.15) is 0 Å². The number of primary amides is 1. The Balaban J connectivity index is 1.60. The van der Waals surface area contributed by atoms with Gasteiger partial charge in [-0.15, -0.1) is 0 Å². The molecule has 22 heavy (non-hydrogen) atoms. The molecule has 2 N–H and O–H groups in total. The lowest BCUT2D eigenvalue weighted by molar-refractivity contribution is 0.0995. The maximum atomic E-state index is 11.2. The van der Waals surface area contributed by atoms with Gasteiger partial charge in [0.25, 0.3) is 5.91 Å². The molecule has 2 aromatic rings. The zero-order chi connectivity index (χ0) is 15.4. The van der Waals surface area contributed by atoms with Gasteiger partial charge >= 0.3 is 0 Å². The van der Waals surface area contributed by atoms with Gasteiger partial charge < -0.3 is 10.6 Å². The van der Waals surface area contributed by atoms with Crippen molar-refractivity contribution in [3.05, 3.63) is 54.0 Å². The number of piperazine rings is 1. The van der Waals surface area contributed by atoms with E-state index in [-0.39, 0.29) is 5.69 Å². The summed E-state index contributed by atoms with van der Waals surface area (Å²) >= 11 is 0. The first-order valence-corrected chi connectivity index (χ1v) is 7.28.